The van der Waals surface area contributed by atoms with Crippen molar-refractivity contribution in [2.24, 2.45) is 11.3 Å². The first-order valence-electron chi connectivity index (χ1n) is 8.92. The molecule has 0 bridgehead atoms. The zero-order valence-corrected chi connectivity index (χ0v) is 17.5. The molecule has 4 rings (SSSR count). The second-order valence-electron chi connectivity index (χ2n) is 7.37. The fraction of sp³-hybridized carbons (Fsp3) is 0.286. The van der Waals surface area contributed by atoms with E-state index < -0.39 is 15.5 Å². The lowest BCUT2D eigenvalue weighted by molar-refractivity contribution is -0.146. The predicted molar refractivity (Wildman–Crippen MR) is 107 cm³/mol. The van der Waals surface area contributed by atoms with E-state index in [0.717, 1.165) is 17.6 Å². The summed E-state index contributed by atoms with van der Waals surface area (Å²) in [6.07, 6.45) is 1.97. The van der Waals surface area contributed by atoms with Gasteiger partial charge in [0.05, 0.1) is 16.5 Å². The van der Waals surface area contributed by atoms with Crippen molar-refractivity contribution in [2.45, 2.75) is 24.2 Å². The van der Waals surface area contributed by atoms with E-state index in [0.29, 0.717) is 23.9 Å². The van der Waals surface area contributed by atoms with Crippen molar-refractivity contribution in [1.29, 1.82) is 0 Å². The first-order valence-corrected chi connectivity index (χ1v) is 11.1. The normalized spacial score (nSPS) is 24.1. The number of cyclic esters (lactones) is 1. The molecule has 2 aromatic rings. The minimum absolute atomic E-state index is 0.0888. The lowest BCUT2D eigenvalue weighted by atomic mass is 9.75. The highest BCUT2D eigenvalue weighted by Gasteiger charge is 2.55. The van der Waals surface area contributed by atoms with E-state index in [1.807, 2.05) is 0 Å². The molecule has 0 aromatic heterocycles. The number of hydrogen-bond acceptors (Lipinski definition) is 5. The maximum Gasteiger partial charge on any atom is 0.339 e. The van der Waals surface area contributed by atoms with Crippen LogP contribution in [0.15, 0.2) is 70.1 Å². The molecule has 1 aliphatic carbocycles. The lowest BCUT2D eigenvalue weighted by Gasteiger charge is -2.24. The minimum atomic E-state index is -3.92. The monoisotopic (exact) mass is 462 g/mol. The summed E-state index contributed by atoms with van der Waals surface area (Å²) in [7, 11) is -3.92. The Balaban J connectivity index is 1.57. The maximum atomic E-state index is 12.4. The Morgan fingerprint density at radius 3 is 2.68 bits per heavy atom. The minimum Gasteiger partial charge on any atom is -0.465 e. The van der Waals surface area contributed by atoms with Gasteiger partial charge >= 0.3 is 16.1 Å². The summed E-state index contributed by atoms with van der Waals surface area (Å²) < 4.78 is 36.0. The molecule has 2 aliphatic rings. The van der Waals surface area contributed by atoms with Crippen LogP contribution < -0.4 is 4.18 Å². The molecule has 0 N–H and O–H groups in total. The number of halogens is 1. The predicted octanol–water partition coefficient (Wildman–Crippen LogP) is 4.27. The Hall–Kier alpha value is -2.12. The summed E-state index contributed by atoms with van der Waals surface area (Å²) in [6, 6.07) is 13.2. The zero-order chi connectivity index (χ0) is 19.9. The highest BCUT2D eigenvalue weighted by molar-refractivity contribution is 9.10. The molecule has 146 valence electrons. The molecule has 0 radical (unpaired) electrons. The Kier molecular flexibility index (Phi) is 4.83. The van der Waals surface area contributed by atoms with Crippen LogP contribution in [0.4, 0.5) is 0 Å². The summed E-state index contributed by atoms with van der Waals surface area (Å²) >= 11 is 3.40. The number of rotatable bonds is 5. The average molecular weight is 463 g/mol. The van der Waals surface area contributed by atoms with E-state index in [-0.39, 0.29) is 22.5 Å². The maximum absolute atomic E-state index is 12.4. The van der Waals surface area contributed by atoms with Crippen molar-refractivity contribution in [3.63, 3.8) is 0 Å². The second-order valence-corrected chi connectivity index (χ2v) is 9.78. The van der Waals surface area contributed by atoms with Crippen molar-refractivity contribution in [2.75, 3.05) is 6.61 Å². The summed E-state index contributed by atoms with van der Waals surface area (Å²) in [6.45, 7) is 4.49. The third-order valence-electron chi connectivity index (χ3n) is 5.45. The van der Waals surface area contributed by atoms with E-state index in [1.54, 1.807) is 36.4 Å². The van der Waals surface area contributed by atoms with E-state index in [2.05, 4.69) is 22.5 Å². The number of carbonyl (C=O) groups excluding carboxylic acids is 1. The number of hydrogen-bond donors (Lipinski definition) is 0. The topological polar surface area (TPSA) is 69.7 Å². The van der Waals surface area contributed by atoms with E-state index >= 15 is 0 Å². The molecular weight excluding hydrogens is 444 g/mol. The largest absolute Gasteiger partial charge is 0.465 e. The van der Waals surface area contributed by atoms with E-state index in [9.17, 15) is 13.2 Å². The number of ether oxygens (including phenoxy) is 1. The van der Waals surface area contributed by atoms with Gasteiger partial charge in [-0.3, -0.25) is 4.79 Å². The smallest absolute Gasteiger partial charge is 0.339 e. The van der Waals surface area contributed by atoms with Crippen molar-refractivity contribution in [3.05, 3.63) is 70.7 Å². The van der Waals surface area contributed by atoms with Crippen LogP contribution >= 0.6 is 15.9 Å². The van der Waals surface area contributed by atoms with Gasteiger partial charge in [0, 0.05) is 5.92 Å². The standard InChI is InChI=1S/C21H19BrO5S/c1-14-9-16-13-26-20(23)21(16,11-14)12-15-7-8-19(18(22)10-15)27-28(24,25)17-5-3-2-4-6-17/h2-8,10,16H,1,9,11-13H2. The van der Waals surface area contributed by atoms with Crippen LogP contribution in [0.3, 0.4) is 0 Å². The van der Waals surface area contributed by atoms with Gasteiger partial charge < -0.3 is 8.92 Å². The quantitative estimate of drug-likeness (QED) is 0.377. The van der Waals surface area contributed by atoms with Crippen LogP contribution in [0.1, 0.15) is 18.4 Å². The molecule has 1 aliphatic heterocycles. The number of esters is 1. The molecule has 2 fully saturated rings. The van der Waals surface area contributed by atoms with Crippen molar-refractivity contribution in [1.82, 2.24) is 0 Å². The van der Waals surface area contributed by atoms with Crippen LogP contribution in [0, 0.1) is 11.3 Å². The van der Waals surface area contributed by atoms with Crippen molar-refractivity contribution >= 4 is 32.0 Å². The molecule has 1 heterocycles. The highest BCUT2D eigenvalue weighted by Crippen LogP contribution is 2.52. The highest BCUT2D eigenvalue weighted by atomic mass is 79.9. The summed E-state index contributed by atoms with van der Waals surface area (Å²) in [4.78, 5) is 12.5. The van der Waals surface area contributed by atoms with Gasteiger partial charge in [-0.25, -0.2) is 0 Å². The molecule has 5 nitrogen and oxygen atoms in total. The van der Waals surface area contributed by atoms with Crippen LogP contribution in [0.25, 0.3) is 0 Å². The zero-order valence-electron chi connectivity index (χ0n) is 15.1. The van der Waals surface area contributed by atoms with Gasteiger partial charge in [0.1, 0.15) is 4.90 Å². The molecule has 0 amide bonds. The average Bonchev–Trinajstić information content (AvgIpc) is 3.12. The summed E-state index contributed by atoms with van der Waals surface area (Å²) in [5.41, 5.74) is 1.43. The van der Waals surface area contributed by atoms with E-state index in [4.69, 9.17) is 8.92 Å². The van der Waals surface area contributed by atoms with Gasteiger partial charge in [0.25, 0.3) is 0 Å². The van der Waals surface area contributed by atoms with Gasteiger partial charge in [-0.1, -0.05) is 36.4 Å². The fourth-order valence-corrected chi connectivity index (χ4v) is 5.69. The number of benzene rings is 2. The molecule has 1 saturated heterocycles. The van der Waals surface area contributed by atoms with Gasteiger partial charge in [0.15, 0.2) is 5.75 Å². The van der Waals surface area contributed by atoms with Crippen LogP contribution in [-0.4, -0.2) is 21.0 Å². The first-order chi connectivity index (χ1) is 13.3. The Bertz CT molecular complexity index is 1050. The number of fused-ring (bicyclic) bond motifs is 1. The Labute approximate surface area is 172 Å². The third-order valence-corrected chi connectivity index (χ3v) is 7.32. The number of carbonyl (C=O) groups is 1. The van der Waals surface area contributed by atoms with Gasteiger partial charge in [-0.15, -0.1) is 0 Å². The molecule has 2 atom stereocenters. The van der Waals surface area contributed by atoms with Crippen LogP contribution in [-0.2, 0) is 26.1 Å². The van der Waals surface area contributed by atoms with Crippen molar-refractivity contribution < 1.29 is 22.1 Å². The van der Waals surface area contributed by atoms with Gasteiger partial charge in [0.2, 0.25) is 0 Å². The van der Waals surface area contributed by atoms with Crippen LogP contribution in [0.2, 0.25) is 0 Å². The Morgan fingerprint density at radius 1 is 1.21 bits per heavy atom. The molecular formula is C21H19BrO5S. The second kappa shape index (κ2) is 7.04. The lowest BCUT2D eigenvalue weighted by Crippen LogP contribution is -2.31. The molecule has 1 saturated carbocycles. The molecule has 2 unspecified atom stereocenters. The summed E-state index contributed by atoms with van der Waals surface area (Å²) in [5.74, 6) is 0.186. The molecule has 0 spiro atoms. The summed E-state index contributed by atoms with van der Waals surface area (Å²) in [5, 5.41) is 0. The molecule has 7 heteroatoms. The SMILES string of the molecule is C=C1CC2COC(=O)C2(Cc2ccc(OS(=O)(=O)c3ccccc3)c(Br)c2)C1. The molecule has 28 heavy (non-hydrogen) atoms. The molecule has 2 aromatic carbocycles. The van der Waals surface area contributed by atoms with Crippen LogP contribution in [0.5, 0.6) is 5.75 Å². The van der Waals surface area contributed by atoms with E-state index in [1.165, 1.54) is 12.1 Å². The fourth-order valence-electron chi connectivity index (χ4n) is 4.10. The third kappa shape index (κ3) is 3.37. The van der Waals surface area contributed by atoms with Gasteiger partial charge in [-0.2, -0.15) is 8.42 Å². The Morgan fingerprint density at radius 2 is 1.96 bits per heavy atom. The van der Waals surface area contributed by atoms with Crippen molar-refractivity contribution in [3.8, 4) is 5.75 Å². The number of allylic oxidation sites excluding steroid dienone is 1. The van der Waals surface area contributed by atoms with Gasteiger partial charge in [-0.05, 0) is 65.0 Å². The first kappa shape index (κ1) is 19.2.